The molecule has 1 fully saturated rings. The molecule has 1 saturated carbocycles. The van der Waals surface area contributed by atoms with Gasteiger partial charge in [0.05, 0.1) is 12.8 Å². The third kappa shape index (κ3) is 3.89. The minimum absolute atomic E-state index is 0.0371. The molecule has 1 aromatic rings. The predicted octanol–water partition coefficient (Wildman–Crippen LogP) is 3.12. The Morgan fingerprint density at radius 3 is 2.45 bits per heavy atom. The molecular formula is C16H24N2O2. The van der Waals surface area contributed by atoms with Crippen molar-refractivity contribution in [2.75, 3.05) is 12.8 Å². The van der Waals surface area contributed by atoms with E-state index in [1.807, 2.05) is 0 Å². The van der Waals surface area contributed by atoms with Crippen LogP contribution in [0.5, 0.6) is 5.75 Å². The molecule has 0 bridgehead atoms. The second-order valence-electron chi connectivity index (χ2n) is 5.47. The average Bonchev–Trinajstić information content (AvgIpc) is 2.41. The van der Waals surface area contributed by atoms with Gasteiger partial charge >= 0.3 is 0 Å². The normalized spacial score (nSPS) is 17.1. The van der Waals surface area contributed by atoms with Gasteiger partial charge < -0.3 is 15.8 Å². The summed E-state index contributed by atoms with van der Waals surface area (Å²) in [7, 11) is 1.57. The van der Waals surface area contributed by atoms with Gasteiger partial charge in [0.1, 0.15) is 5.75 Å². The van der Waals surface area contributed by atoms with Crippen LogP contribution in [0.2, 0.25) is 0 Å². The fourth-order valence-electron chi connectivity index (χ4n) is 2.74. The zero-order valence-electron chi connectivity index (χ0n) is 12.2. The zero-order chi connectivity index (χ0) is 14.4. The number of carbonyl (C=O) groups excluding carboxylic acids is 1. The third-order valence-electron chi connectivity index (χ3n) is 3.93. The molecule has 0 unspecified atom stereocenters. The fourth-order valence-corrected chi connectivity index (χ4v) is 2.74. The largest absolute Gasteiger partial charge is 0.495 e. The van der Waals surface area contributed by atoms with Crippen LogP contribution in [0.3, 0.4) is 0 Å². The molecule has 1 amide bonds. The van der Waals surface area contributed by atoms with Gasteiger partial charge in [0, 0.05) is 11.6 Å². The molecule has 1 aliphatic carbocycles. The first-order valence-electron chi connectivity index (χ1n) is 7.45. The van der Waals surface area contributed by atoms with E-state index >= 15 is 0 Å². The first kappa shape index (κ1) is 14.7. The number of methoxy groups -OCH3 is 1. The lowest BCUT2D eigenvalue weighted by atomic mass is 9.96. The van der Waals surface area contributed by atoms with Crippen molar-refractivity contribution in [3.05, 3.63) is 23.8 Å². The van der Waals surface area contributed by atoms with Gasteiger partial charge in [0.2, 0.25) is 0 Å². The first-order valence-corrected chi connectivity index (χ1v) is 7.45. The Labute approximate surface area is 120 Å². The summed E-state index contributed by atoms with van der Waals surface area (Å²) < 4.78 is 5.10. The van der Waals surface area contributed by atoms with E-state index in [-0.39, 0.29) is 5.91 Å². The van der Waals surface area contributed by atoms with Gasteiger partial charge in [-0.2, -0.15) is 0 Å². The summed E-state index contributed by atoms with van der Waals surface area (Å²) in [4.78, 5) is 12.3. The van der Waals surface area contributed by atoms with Crippen molar-refractivity contribution in [1.29, 1.82) is 0 Å². The number of nitrogens with one attached hydrogen (secondary N) is 1. The average molecular weight is 276 g/mol. The Hall–Kier alpha value is -1.71. The van der Waals surface area contributed by atoms with Crippen molar-refractivity contribution < 1.29 is 9.53 Å². The second-order valence-corrected chi connectivity index (χ2v) is 5.47. The van der Waals surface area contributed by atoms with E-state index in [9.17, 15) is 4.79 Å². The van der Waals surface area contributed by atoms with Crippen LogP contribution in [0.4, 0.5) is 5.69 Å². The molecule has 0 spiro atoms. The smallest absolute Gasteiger partial charge is 0.251 e. The topological polar surface area (TPSA) is 64.3 Å². The molecule has 2 rings (SSSR count). The van der Waals surface area contributed by atoms with Gasteiger partial charge in [-0.25, -0.2) is 0 Å². The summed E-state index contributed by atoms with van der Waals surface area (Å²) in [5, 5.41) is 3.13. The Bertz CT molecular complexity index is 452. The summed E-state index contributed by atoms with van der Waals surface area (Å²) in [6, 6.07) is 5.47. The van der Waals surface area contributed by atoms with Crippen molar-refractivity contribution in [2.45, 2.75) is 51.0 Å². The molecule has 0 radical (unpaired) electrons. The number of benzene rings is 1. The summed E-state index contributed by atoms with van der Waals surface area (Å²) in [6.07, 6.45) is 8.46. The summed E-state index contributed by atoms with van der Waals surface area (Å²) in [6.45, 7) is 0. The molecule has 20 heavy (non-hydrogen) atoms. The van der Waals surface area contributed by atoms with E-state index < -0.39 is 0 Å². The number of carbonyl (C=O) groups is 1. The van der Waals surface area contributed by atoms with Crippen molar-refractivity contribution in [1.82, 2.24) is 5.32 Å². The Balaban J connectivity index is 1.98. The Morgan fingerprint density at radius 2 is 1.85 bits per heavy atom. The molecule has 1 aliphatic rings. The van der Waals surface area contributed by atoms with Crippen molar-refractivity contribution in [2.24, 2.45) is 0 Å². The van der Waals surface area contributed by atoms with E-state index in [2.05, 4.69) is 5.32 Å². The van der Waals surface area contributed by atoms with Gasteiger partial charge in [-0.05, 0) is 31.0 Å². The summed E-state index contributed by atoms with van der Waals surface area (Å²) in [5.41, 5.74) is 6.94. The van der Waals surface area contributed by atoms with Crippen LogP contribution in [0.25, 0.3) is 0 Å². The molecule has 0 atom stereocenters. The Kier molecular flexibility index (Phi) is 5.27. The molecule has 1 aromatic carbocycles. The number of rotatable bonds is 3. The predicted molar refractivity (Wildman–Crippen MR) is 81.0 cm³/mol. The molecule has 0 saturated heterocycles. The molecule has 0 heterocycles. The molecule has 0 aromatic heterocycles. The molecule has 3 N–H and O–H groups in total. The number of hydrogen-bond acceptors (Lipinski definition) is 3. The molecular weight excluding hydrogens is 252 g/mol. The second kappa shape index (κ2) is 7.17. The van der Waals surface area contributed by atoms with Crippen molar-refractivity contribution >= 4 is 11.6 Å². The Morgan fingerprint density at radius 1 is 1.20 bits per heavy atom. The number of nitrogens with two attached hydrogens (primary N) is 1. The van der Waals surface area contributed by atoms with Crippen molar-refractivity contribution in [3.63, 3.8) is 0 Å². The highest BCUT2D eigenvalue weighted by Gasteiger charge is 2.15. The first-order chi connectivity index (χ1) is 9.70. The van der Waals surface area contributed by atoms with Crippen molar-refractivity contribution in [3.8, 4) is 5.75 Å². The van der Waals surface area contributed by atoms with E-state index in [0.29, 0.717) is 23.0 Å². The van der Waals surface area contributed by atoms with E-state index in [1.165, 1.54) is 32.1 Å². The lowest BCUT2D eigenvalue weighted by Crippen LogP contribution is -2.35. The van der Waals surface area contributed by atoms with Crippen LogP contribution in [0.1, 0.15) is 55.3 Å². The maximum atomic E-state index is 12.3. The van der Waals surface area contributed by atoms with Crippen LogP contribution >= 0.6 is 0 Å². The minimum Gasteiger partial charge on any atom is -0.495 e. The molecule has 110 valence electrons. The van der Waals surface area contributed by atoms with E-state index in [1.54, 1.807) is 25.3 Å². The van der Waals surface area contributed by atoms with Crippen LogP contribution in [0.15, 0.2) is 18.2 Å². The highest BCUT2D eigenvalue weighted by Crippen LogP contribution is 2.22. The molecule has 4 nitrogen and oxygen atoms in total. The zero-order valence-corrected chi connectivity index (χ0v) is 12.2. The van der Waals surface area contributed by atoms with Crippen LogP contribution in [0, 0.1) is 0 Å². The summed E-state index contributed by atoms with van der Waals surface area (Å²) >= 11 is 0. The lowest BCUT2D eigenvalue weighted by Gasteiger charge is -2.21. The monoisotopic (exact) mass is 276 g/mol. The van der Waals surface area contributed by atoms with Gasteiger partial charge in [-0.15, -0.1) is 0 Å². The number of nitrogen functional groups attached to an aromatic ring is 1. The summed E-state index contributed by atoms with van der Waals surface area (Å²) in [5.74, 6) is 0.567. The quantitative estimate of drug-likeness (QED) is 0.834. The number of amides is 1. The maximum absolute atomic E-state index is 12.3. The number of hydrogen-bond donors (Lipinski definition) is 2. The lowest BCUT2D eigenvalue weighted by molar-refractivity contribution is 0.0930. The van der Waals surface area contributed by atoms with Crippen LogP contribution in [-0.4, -0.2) is 19.1 Å². The van der Waals surface area contributed by atoms with Gasteiger partial charge in [-0.3, -0.25) is 4.79 Å². The van der Waals surface area contributed by atoms with Crippen LogP contribution < -0.4 is 15.8 Å². The van der Waals surface area contributed by atoms with E-state index in [0.717, 1.165) is 12.8 Å². The SMILES string of the molecule is COc1ccc(C(=O)NC2CCCCCCC2)cc1N. The number of ether oxygens (including phenoxy) is 1. The van der Waals surface area contributed by atoms with Gasteiger partial charge in [-0.1, -0.05) is 32.1 Å². The highest BCUT2D eigenvalue weighted by molar-refractivity contribution is 5.95. The fraction of sp³-hybridized carbons (Fsp3) is 0.562. The van der Waals surface area contributed by atoms with Gasteiger partial charge in [0.15, 0.2) is 0 Å². The third-order valence-corrected chi connectivity index (χ3v) is 3.93. The minimum atomic E-state index is -0.0371. The number of anilines is 1. The standard InChI is InChI=1S/C16H24N2O2/c1-20-15-10-9-12(11-14(15)17)16(19)18-13-7-5-3-2-4-6-8-13/h9-11,13H,2-8,17H2,1H3,(H,18,19). The van der Waals surface area contributed by atoms with Gasteiger partial charge in [0.25, 0.3) is 5.91 Å². The molecule has 0 aliphatic heterocycles. The van der Waals surface area contributed by atoms with E-state index in [4.69, 9.17) is 10.5 Å². The van der Waals surface area contributed by atoms with Crippen LogP contribution in [-0.2, 0) is 0 Å². The maximum Gasteiger partial charge on any atom is 0.251 e. The molecule has 4 heteroatoms. The highest BCUT2D eigenvalue weighted by atomic mass is 16.5.